The molecule has 0 aliphatic carbocycles. The predicted molar refractivity (Wildman–Crippen MR) is 77.1 cm³/mol. The van der Waals surface area contributed by atoms with Gasteiger partial charge in [-0.05, 0) is 18.7 Å². The number of nitrogens with one attached hydrogen (secondary N) is 1. The molecule has 0 amide bonds. The SMILES string of the molecule is CCNCc1cccc(F)c1OCc1cccnc1C#N. The molecule has 2 rings (SSSR count). The molecule has 0 saturated carbocycles. The van der Waals surface area contributed by atoms with Crippen LogP contribution in [0.4, 0.5) is 4.39 Å². The molecule has 0 spiro atoms. The molecule has 2 aromatic rings. The van der Waals surface area contributed by atoms with Crippen LogP contribution in [-0.4, -0.2) is 11.5 Å². The van der Waals surface area contributed by atoms with Crippen LogP contribution >= 0.6 is 0 Å². The van der Waals surface area contributed by atoms with Gasteiger partial charge in [0.2, 0.25) is 0 Å². The number of aromatic nitrogens is 1. The van der Waals surface area contributed by atoms with Gasteiger partial charge < -0.3 is 10.1 Å². The Morgan fingerprint density at radius 1 is 1.29 bits per heavy atom. The van der Waals surface area contributed by atoms with Gasteiger partial charge in [0.15, 0.2) is 11.6 Å². The molecule has 0 radical (unpaired) electrons. The van der Waals surface area contributed by atoms with Crippen molar-refractivity contribution in [2.24, 2.45) is 0 Å². The summed E-state index contributed by atoms with van der Waals surface area (Å²) < 4.78 is 19.5. The van der Waals surface area contributed by atoms with E-state index in [1.807, 2.05) is 19.1 Å². The molecule has 5 heteroatoms. The molecule has 1 aromatic carbocycles. The molecule has 0 unspecified atom stereocenters. The monoisotopic (exact) mass is 285 g/mol. The lowest BCUT2D eigenvalue weighted by molar-refractivity contribution is 0.285. The zero-order valence-corrected chi connectivity index (χ0v) is 11.8. The second-order valence-corrected chi connectivity index (χ2v) is 4.42. The van der Waals surface area contributed by atoms with Crippen LogP contribution in [0, 0.1) is 17.1 Å². The minimum absolute atomic E-state index is 0.108. The van der Waals surface area contributed by atoms with Gasteiger partial charge in [-0.3, -0.25) is 0 Å². The zero-order chi connectivity index (χ0) is 15.1. The number of rotatable bonds is 6. The summed E-state index contributed by atoms with van der Waals surface area (Å²) in [6.45, 7) is 3.41. The summed E-state index contributed by atoms with van der Waals surface area (Å²) in [5, 5.41) is 12.1. The number of para-hydroxylation sites is 1. The first-order chi connectivity index (χ1) is 10.3. The van der Waals surface area contributed by atoms with Crippen LogP contribution in [0.2, 0.25) is 0 Å². The quantitative estimate of drug-likeness (QED) is 0.886. The maximum atomic E-state index is 13.9. The number of hydrogen-bond donors (Lipinski definition) is 1. The van der Waals surface area contributed by atoms with Crippen molar-refractivity contribution in [2.75, 3.05) is 6.54 Å². The average Bonchev–Trinajstić information content (AvgIpc) is 2.52. The highest BCUT2D eigenvalue weighted by Gasteiger charge is 2.11. The van der Waals surface area contributed by atoms with Crippen molar-refractivity contribution in [3.63, 3.8) is 0 Å². The molecule has 0 atom stereocenters. The molecule has 4 nitrogen and oxygen atoms in total. The molecular weight excluding hydrogens is 269 g/mol. The van der Waals surface area contributed by atoms with Gasteiger partial charge in [-0.2, -0.15) is 5.26 Å². The highest BCUT2D eigenvalue weighted by atomic mass is 19.1. The standard InChI is InChI=1S/C16H16FN3O/c1-2-19-10-12-5-3-7-14(17)16(12)21-11-13-6-4-8-20-15(13)9-18/h3-8,19H,2,10-11H2,1H3. The van der Waals surface area contributed by atoms with Gasteiger partial charge in [-0.15, -0.1) is 0 Å². The molecule has 1 aromatic heterocycles. The van der Waals surface area contributed by atoms with E-state index in [1.165, 1.54) is 6.07 Å². The Labute approximate surface area is 123 Å². The van der Waals surface area contributed by atoms with Crippen LogP contribution in [0.1, 0.15) is 23.7 Å². The van der Waals surface area contributed by atoms with Crippen molar-refractivity contribution in [1.29, 1.82) is 5.26 Å². The fraction of sp³-hybridized carbons (Fsp3) is 0.250. The molecule has 1 N–H and O–H groups in total. The lowest BCUT2D eigenvalue weighted by Crippen LogP contribution is -2.13. The van der Waals surface area contributed by atoms with E-state index in [2.05, 4.69) is 10.3 Å². The number of nitrogens with zero attached hydrogens (tertiary/aromatic N) is 2. The van der Waals surface area contributed by atoms with Crippen LogP contribution in [0.25, 0.3) is 0 Å². The number of halogens is 1. The van der Waals surface area contributed by atoms with E-state index in [0.29, 0.717) is 17.8 Å². The zero-order valence-electron chi connectivity index (χ0n) is 11.8. The second-order valence-electron chi connectivity index (χ2n) is 4.42. The topological polar surface area (TPSA) is 57.9 Å². The fourth-order valence-corrected chi connectivity index (χ4v) is 1.92. The highest BCUT2D eigenvalue weighted by molar-refractivity contribution is 5.36. The van der Waals surface area contributed by atoms with Crippen molar-refractivity contribution in [3.8, 4) is 11.8 Å². The molecule has 108 valence electrons. The van der Waals surface area contributed by atoms with E-state index in [0.717, 1.165) is 12.1 Å². The van der Waals surface area contributed by atoms with Crippen molar-refractivity contribution in [1.82, 2.24) is 10.3 Å². The first kappa shape index (κ1) is 14.9. The third kappa shape index (κ3) is 3.77. The molecule has 1 heterocycles. The third-order valence-electron chi connectivity index (χ3n) is 2.98. The van der Waals surface area contributed by atoms with E-state index in [-0.39, 0.29) is 12.4 Å². The van der Waals surface area contributed by atoms with Crippen molar-refractivity contribution >= 4 is 0 Å². The Bertz CT molecular complexity index is 652. The predicted octanol–water partition coefficient (Wildman–Crippen LogP) is 2.78. The van der Waals surface area contributed by atoms with E-state index in [9.17, 15) is 4.39 Å². The van der Waals surface area contributed by atoms with E-state index < -0.39 is 5.82 Å². The summed E-state index contributed by atoms with van der Waals surface area (Å²) in [5.74, 6) is -0.195. The number of nitriles is 1. The number of ether oxygens (including phenoxy) is 1. The maximum absolute atomic E-state index is 13.9. The summed E-state index contributed by atoms with van der Waals surface area (Å²) in [7, 11) is 0. The Balaban J connectivity index is 2.18. The molecule has 0 bridgehead atoms. The lowest BCUT2D eigenvalue weighted by Gasteiger charge is -2.13. The maximum Gasteiger partial charge on any atom is 0.165 e. The second kappa shape index (κ2) is 7.36. The molecule has 0 saturated heterocycles. The van der Waals surface area contributed by atoms with Crippen LogP contribution in [0.15, 0.2) is 36.5 Å². The molecule has 0 fully saturated rings. The number of hydrogen-bond acceptors (Lipinski definition) is 4. The number of pyridine rings is 1. The van der Waals surface area contributed by atoms with E-state index in [1.54, 1.807) is 24.4 Å². The van der Waals surface area contributed by atoms with E-state index >= 15 is 0 Å². The summed E-state index contributed by atoms with van der Waals surface area (Å²) in [6, 6.07) is 10.3. The van der Waals surface area contributed by atoms with Gasteiger partial charge in [0, 0.05) is 23.9 Å². The van der Waals surface area contributed by atoms with Crippen LogP contribution in [-0.2, 0) is 13.2 Å². The molecule has 21 heavy (non-hydrogen) atoms. The molecule has 0 aliphatic heterocycles. The van der Waals surface area contributed by atoms with Gasteiger partial charge in [0.25, 0.3) is 0 Å². The average molecular weight is 285 g/mol. The van der Waals surface area contributed by atoms with Crippen molar-refractivity contribution in [2.45, 2.75) is 20.1 Å². The van der Waals surface area contributed by atoms with Crippen LogP contribution < -0.4 is 10.1 Å². The molecular formula is C16H16FN3O. The Hall–Kier alpha value is -2.45. The lowest BCUT2D eigenvalue weighted by atomic mass is 10.2. The normalized spacial score (nSPS) is 10.1. The van der Waals surface area contributed by atoms with Gasteiger partial charge in [0.05, 0.1) is 0 Å². The summed E-state index contributed by atoms with van der Waals surface area (Å²) in [5.41, 5.74) is 1.68. The largest absolute Gasteiger partial charge is 0.485 e. The first-order valence-electron chi connectivity index (χ1n) is 6.71. The van der Waals surface area contributed by atoms with Crippen molar-refractivity contribution < 1.29 is 9.13 Å². The summed E-state index contributed by atoms with van der Waals surface area (Å²) in [6.07, 6.45) is 1.54. The summed E-state index contributed by atoms with van der Waals surface area (Å²) in [4.78, 5) is 3.96. The minimum atomic E-state index is -0.409. The first-order valence-corrected chi connectivity index (χ1v) is 6.71. The Morgan fingerprint density at radius 2 is 2.10 bits per heavy atom. The Kier molecular flexibility index (Phi) is 5.24. The van der Waals surface area contributed by atoms with Gasteiger partial charge in [0.1, 0.15) is 18.4 Å². The van der Waals surface area contributed by atoms with Crippen LogP contribution in [0.3, 0.4) is 0 Å². The summed E-state index contributed by atoms with van der Waals surface area (Å²) >= 11 is 0. The van der Waals surface area contributed by atoms with Gasteiger partial charge in [-0.1, -0.05) is 25.1 Å². The molecule has 0 aliphatic rings. The number of benzene rings is 1. The highest BCUT2D eigenvalue weighted by Crippen LogP contribution is 2.24. The van der Waals surface area contributed by atoms with Gasteiger partial charge >= 0.3 is 0 Å². The smallest absolute Gasteiger partial charge is 0.165 e. The fourth-order valence-electron chi connectivity index (χ4n) is 1.92. The third-order valence-corrected chi connectivity index (χ3v) is 2.98. The van der Waals surface area contributed by atoms with Gasteiger partial charge in [-0.25, -0.2) is 9.37 Å². The van der Waals surface area contributed by atoms with Crippen LogP contribution in [0.5, 0.6) is 5.75 Å². The Morgan fingerprint density at radius 3 is 2.86 bits per heavy atom. The minimum Gasteiger partial charge on any atom is -0.485 e. The van der Waals surface area contributed by atoms with Crippen molar-refractivity contribution in [3.05, 3.63) is 59.2 Å². The van der Waals surface area contributed by atoms with E-state index in [4.69, 9.17) is 10.00 Å².